The lowest BCUT2D eigenvalue weighted by molar-refractivity contribution is -0.152. The zero-order valence-electron chi connectivity index (χ0n) is 17.7. The average molecular weight is 486 g/mol. The van der Waals surface area contributed by atoms with Crippen molar-refractivity contribution in [1.29, 1.82) is 0 Å². The summed E-state index contributed by atoms with van der Waals surface area (Å²) in [4.78, 5) is 24.9. The lowest BCUT2D eigenvalue weighted by atomic mass is 10.00. The first-order chi connectivity index (χ1) is 15.9. The summed E-state index contributed by atoms with van der Waals surface area (Å²) in [6, 6.07) is 8.63. The maximum absolute atomic E-state index is 12.6. The van der Waals surface area contributed by atoms with Gasteiger partial charge in [-0.3, -0.25) is 9.59 Å². The lowest BCUT2D eigenvalue weighted by Crippen LogP contribution is -2.21. The van der Waals surface area contributed by atoms with Crippen LogP contribution in [-0.2, 0) is 44.6 Å². The van der Waals surface area contributed by atoms with Gasteiger partial charge in [-0.05, 0) is 60.1 Å². The smallest absolute Gasteiger partial charge is 0.416 e. The molecule has 4 rings (SSSR count). The quantitative estimate of drug-likeness (QED) is 0.384. The normalized spacial score (nSPS) is 23.8. The average Bonchev–Trinajstić information content (AvgIpc) is 3.33. The van der Waals surface area contributed by atoms with Crippen LogP contribution in [0.3, 0.4) is 0 Å². The van der Waals surface area contributed by atoms with E-state index in [-0.39, 0.29) is 25.0 Å². The molecule has 2 fully saturated rings. The van der Waals surface area contributed by atoms with E-state index < -0.39 is 47.3 Å². The zero-order chi connectivity index (χ0) is 24.7. The summed E-state index contributed by atoms with van der Waals surface area (Å²) < 4.78 is 86.3. The highest BCUT2D eigenvalue weighted by atomic mass is 19.4. The minimum absolute atomic E-state index is 0.0104. The highest BCUT2D eigenvalue weighted by Crippen LogP contribution is 2.61. The van der Waals surface area contributed by atoms with Crippen molar-refractivity contribution in [1.82, 2.24) is 0 Å². The highest BCUT2D eigenvalue weighted by molar-refractivity contribution is 5.81. The fourth-order valence-corrected chi connectivity index (χ4v) is 4.58. The minimum atomic E-state index is -4.45. The number of carbonyl (C=O) groups is 2. The van der Waals surface area contributed by atoms with Crippen LogP contribution in [0.2, 0.25) is 0 Å². The SMILES string of the molecule is O=C(OCc1ccc(C(F)(F)F)cc1)C1CCC2C(C(=O)OCc3ccc(C(F)(F)F)cc3)C12. The molecule has 34 heavy (non-hydrogen) atoms. The van der Waals surface area contributed by atoms with Crippen LogP contribution in [0.25, 0.3) is 0 Å². The van der Waals surface area contributed by atoms with E-state index in [2.05, 4.69) is 0 Å². The molecule has 0 bridgehead atoms. The first-order valence-electron chi connectivity index (χ1n) is 10.6. The third-order valence-corrected chi connectivity index (χ3v) is 6.40. The molecule has 10 heteroatoms. The van der Waals surface area contributed by atoms with Gasteiger partial charge in [-0.15, -0.1) is 0 Å². The van der Waals surface area contributed by atoms with Crippen LogP contribution in [0.5, 0.6) is 0 Å². The van der Waals surface area contributed by atoms with E-state index in [9.17, 15) is 35.9 Å². The third-order valence-electron chi connectivity index (χ3n) is 6.40. The monoisotopic (exact) mass is 486 g/mol. The molecule has 2 aromatic rings. The number of halogens is 6. The van der Waals surface area contributed by atoms with E-state index in [4.69, 9.17) is 9.47 Å². The molecule has 4 nitrogen and oxygen atoms in total. The van der Waals surface area contributed by atoms with Crippen molar-refractivity contribution >= 4 is 11.9 Å². The Hall–Kier alpha value is -3.04. The molecule has 0 radical (unpaired) electrons. The number of hydrogen-bond acceptors (Lipinski definition) is 4. The van der Waals surface area contributed by atoms with Crippen molar-refractivity contribution in [3.8, 4) is 0 Å². The Bertz CT molecular complexity index is 1040. The number of fused-ring (bicyclic) bond motifs is 1. The molecule has 0 amide bonds. The highest BCUT2D eigenvalue weighted by Gasteiger charge is 2.64. The maximum atomic E-state index is 12.6. The summed E-state index contributed by atoms with van der Waals surface area (Å²) in [5.74, 6) is -2.21. The number of carbonyl (C=O) groups excluding carboxylic acids is 2. The molecule has 2 aromatic carbocycles. The second kappa shape index (κ2) is 8.96. The van der Waals surface area contributed by atoms with Crippen LogP contribution in [0.4, 0.5) is 26.3 Å². The second-order valence-corrected chi connectivity index (χ2v) is 8.56. The van der Waals surface area contributed by atoms with Crippen molar-refractivity contribution in [3.63, 3.8) is 0 Å². The Morgan fingerprint density at radius 3 is 1.59 bits per heavy atom. The Balaban J connectivity index is 1.26. The van der Waals surface area contributed by atoms with Gasteiger partial charge < -0.3 is 9.47 Å². The largest absolute Gasteiger partial charge is 0.461 e. The predicted molar refractivity (Wildman–Crippen MR) is 106 cm³/mol. The summed E-state index contributed by atoms with van der Waals surface area (Å²) in [5, 5.41) is 0. The Morgan fingerprint density at radius 2 is 1.15 bits per heavy atom. The van der Waals surface area contributed by atoms with Gasteiger partial charge in [0, 0.05) is 0 Å². The number of hydrogen-bond donors (Lipinski definition) is 0. The zero-order valence-corrected chi connectivity index (χ0v) is 17.7. The second-order valence-electron chi connectivity index (χ2n) is 8.56. The van der Waals surface area contributed by atoms with E-state index in [1.54, 1.807) is 0 Å². The van der Waals surface area contributed by atoms with Crippen molar-refractivity contribution in [3.05, 3.63) is 70.8 Å². The van der Waals surface area contributed by atoms with Gasteiger partial charge >= 0.3 is 24.3 Å². The van der Waals surface area contributed by atoms with E-state index >= 15 is 0 Å². The molecule has 182 valence electrons. The molecule has 2 saturated carbocycles. The molecule has 0 aromatic heterocycles. The van der Waals surface area contributed by atoms with Gasteiger partial charge in [-0.25, -0.2) is 0 Å². The van der Waals surface area contributed by atoms with Gasteiger partial charge in [0.05, 0.1) is 23.0 Å². The Kier molecular flexibility index (Phi) is 6.35. The van der Waals surface area contributed by atoms with Gasteiger partial charge in [0.1, 0.15) is 13.2 Å². The van der Waals surface area contributed by atoms with E-state index in [0.717, 1.165) is 24.3 Å². The van der Waals surface area contributed by atoms with Gasteiger partial charge in [0.25, 0.3) is 0 Å². The van der Waals surface area contributed by atoms with Gasteiger partial charge in [-0.1, -0.05) is 24.3 Å². The topological polar surface area (TPSA) is 52.6 Å². The molecule has 2 aliphatic carbocycles. The van der Waals surface area contributed by atoms with Crippen LogP contribution in [-0.4, -0.2) is 11.9 Å². The van der Waals surface area contributed by atoms with E-state index in [1.807, 2.05) is 0 Å². The standard InChI is InChI=1S/C24H20F6O4/c25-23(26,27)15-5-1-13(2-6-15)11-33-21(31)18-10-9-17-19(18)20(17)22(32)34-12-14-3-7-16(8-4-14)24(28,29)30/h1-8,17-20H,9-12H2. The molecule has 4 atom stereocenters. The number of esters is 2. The predicted octanol–water partition coefficient (Wildman–Crippen LogP) is 5.78. The van der Waals surface area contributed by atoms with Crippen molar-refractivity contribution in [2.45, 2.75) is 38.4 Å². The maximum Gasteiger partial charge on any atom is 0.416 e. The van der Waals surface area contributed by atoms with Crippen LogP contribution >= 0.6 is 0 Å². The van der Waals surface area contributed by atoms with Crippen molar-refractivity contribution in [2.24, 2.45) is 23.7 Å². The molecule has 2 aliphatic rings. The summed E-state index contributed by atoms with van der Waals surface area (Å²) >= 11 is 0. The molecular formula is C24H20F6O4. The molecule has 0 saturated heterocycles. The van der Waals surface area contributed by atoms with Crippen LogP contribution < -0.4 is 0 Å². The lowest BCUT2D eigenvalue weighted by Gasteiger charge is -2.14. The summed E-state index contributed by atoms with van der Waals surface area (Å²) in [6.45, 7) is -0.343. The van der Waals surface area contributed by atoms with Crippen molar-refractivity contribution in [2.75, 3.05) is 0 Å². The first-order valence-corrected chi connectivity index (χ1v) is 10.6. The molecule has 0 N–H and O–H groups in total. The summed E-state index contributed by atoms with van der Waals surface area (Å²) in [7, 11) is 0. The van der Waals surface area contributed by atoms with Crippen LogP contribution in [0, 0.1) is 23.7 Å². The van der Waals surface area contributed by atoms with Crippen LogP contribution in [0.1, 0.15) is 35.1 Å². The summed E-state index contributed by atoms with van der Waals surface area (Å²) in [6.07, 6.45) is -7.71. The molecule has 0 heterocycles. The first kappa shape index (κ1) is 24.1. The number of ether oxygens (including phenoxy) is 2. The Labute approximate surface area is 190 Å². The molecule has 0 spiro atoms. The number of alkyl halides is 6. The number of benzene rings is 2. The minimum Gasteiger partial charge on any atom is -0.461 e. The third kappa shape index (κ3) is 5.20. The van der Waals surface area contributed by atoms with Gasteiger partial charge in [-0.2, -0.15) is 26.3 Å². The number of rotatable bonds is 6. The van der Waals surface area contributed by atoms with Gasteiger partial charge in [0.15, 0.2) is 0 Å². The fourth-order valence-electron chi connectivity index (χ4n) is 4.58. The van der Waals surface area contributed by atoms with Gasteiger partial charge in [0.2, 0.25) is 0 Å². The van der Waals surface area contributed by atoms with Crippen LogP contribution in [0.15, 0.2) is 48.5 Å². The molecule has 0 aliphatic heterocycles. The van der Waals surface area contributed by atoms with Crippen molar-refractivity contribution < 1.29 is 45.4 Å². The van der Waals surface area contributed by atoms with E-state index in [1.165, 1.54) is 24.3 Å². The molecule has 4 unspecified atom stereocenters. The molecular weight excluding hydrogens is 466 g/mol. The summed E-state index contributed by atoms with van der Waals surface area (Å²) in [5.41, 5.74) is -0.757. The van der Waals surface area contributed by atoms with E-state index in [0.29, 0.717) is 24.0 Å². The fraction of sp³-hybridized carbons (Fsp3) is 0.417. The Morgan fingerprint density at radius 1 is 0.706 bits per heavy atom.